The Balaban J connectivity index is 1.05. The van der Waals surface area contributed by atoms with Crippen LogP contribution in [-0.2, 0) is 32.0 Å². The maximum atomic E-state index is 12.5. The maximum absolute atomic E-state index is 12.5. The van der Waals surface area contributed by atoms with Crippen LogP contribution in [0.2, 0.25) is 5.02 Å². The second-order valence-electron chi connectivity index (χ2n) is 15.7. The Bertz CT molecular complexity index is 1660. The Hall–Kier alpha value is -3.70. The van der Waals surface area contributed by atoms with Gasteiger partial charge in [-0.3, -0.25) is 9.78 Å². The molecule has 282 valence electrons. The zero-order valence-electron chi connectivity index (χ0n) is 31.4. The van der Waals surface area contributed by atoms with Gasteiger partial charge < -0.3 is 24.8 Å². The minimum Gasteiger partial charge on any atom is -0.437 e. The number of esters is 1. The first-order chi connectivity index (χ1) is 24.8. The van der Waals surface area contributed by atoms with Crippen molar-refractivity contribution in [2.75, 3.05) is 31.7 Å². The quantitative estimate of drug-likeness (QED) is 0.162. The summed E-state index contributed by atoms with van der Waals surface area (Å²) in [6, 6.07) is 11.0. The van der Waals surface area contributed by atoms with E-state index in [1.54, 1.807) is 6.20 Å². The molecule has 2 aliphatic rings. The summed E-state index contributed by atoms with van der Waals surface area (Å²) in [5.41, 5.74) is 1.59. The average molecular weight is 736 g/mol. The molecule has 3 aromatic heterocycles. The highest BCUT2D eigenvalue weighted by Crippen LogP contribution is 2.33. The number of carbonyl (C=O) groups excluding carboxylic acids is 1. The van der Waals surface area contributed by atoms with Gasteiger partial charge in [-0.15, -0.1) is 15.0 Å². The summed E-state index contributed by atoms with van der Waals surface area (Å²) in [6.07, 6.45) is 7.80. The van der Waals surface area contributed by atoms with E-state index in [2.05, 4.69) is 50.1 Å². The number of aromatic nitrogens is 6. The van der Waals surface area contributed by atoms with Gasteiger partial charge in [0, 0.05) is 55.2 Å². The minimum atomic E-state index is -0.634. The summed E-state index contributed by atoms with van der Waals surface area (Å²) >= 11 is 6.64. The number of halogens is 1. The molecule has 2 fully saturated rings. The summed E-state index contributed by atoms with van der Waals surface area (Å²) in [5, 5.41) is 30.2. The molecule has 0 unspecified atom stereocenters. The lowest BCUT2D eigenvalue weighted by Crippen LogP contribution is -2.41. The number of hydrogen-bond donors (Lipinski definition) is 2. The topological polar surface area (TPSA) is 162 Å². The predicted molar refractivity (Wildman–Crippen MR) is 198 cm³/mol. The van der Waals surface area contributed by atoms with Crippen LogP contribution in [0.25, 0.3) is 11.3 Å². The van der Waals surface area contributed by atoms with Crippen molar-refractivity contribution in [1.29, 1.82) is 5.26 Å². The Morgan fingerprint density at radius 3 is 2.62 bits per heavy atom. The van der Waals surface area contributed by atoms with Gasteiger partial charge in [0.1, 0.15) is 12.4 Å². The van der Waals surface area contributed by atoms with Crippen molar-refractivity contribution in [3.05, 3.63) is 47.0 Å². The number of anilines is 1. The van der Waals surface area contributed by atoms with E-state index in [1.807, 2.05) is 52.8 Å². The van der Waals surface area contributed by atoms with E-state index in [0.29, 0.717) is 62.0 Å². The van der Waals surface area contributed by atoms with Gasteiger partial charge in [0.2, 0.25) is 12.1 Å². The molecule has 1 aliphatic carbocycles. The Morgan fingerprint density at radius 2 is 1.92 bits per heavy atom. The number of rotatable bonds is 15. The van der Waals surface area contributed by atoms with Crippen molar-refractivity contribution < 1.29 is 19.0 Å². The highest BCUT2D eigenvalue weighted by atomic mass is 35.5. The molecule has 1 saturated carbocycles. The molecule has 2 atom stereocenters. The highest BCUT2D eigenvalue weighted by Gasteiger charge is 2.33. The van der Waals surface area contributed by atoms with E-state index in [0.717, 1.165) is 54.9 Å². The van der Waals surface area contributed by atoms with Crippen LogP contribution in [0.15, 0.2) is 30.5 Å². The molecule has 1 aliphatic heterocycles. The van der Waals surface area contributed by atoms with Crippen LogP contribution in [-0.4, -0.2) is 74.6 Å². The van der Waals surface area contributed by atoms with Gasteiger partial charge >= 0.3 is 5.97 Å². The third kappa shape index (κ3) is 10.9. The van der Waals surface area contributed by atoms with Crippen molar-refractivity contribution in [3.8, 4) is 17.3 Å². The molecule has 0 amide bonds. The standard InChI is InChI=1S/C38H54ClN9O4/c1-25(2)35(52-36(49)37(4,5)6)48-46-34(45-47-48)22-51-21-26(3)43-28-12-10-27(11-13-28)18-29-19-30(31(39)20-41-29)32-8-7-9-33(44-32)42-24-38(23-40)14-16-50-17-15-38/h7-9,19-20,25-28,35,43H,10-18,21-22,24H2,1-6H3,(H,42,44)/t26-,27?,28?,35-/m0/s1. The van der Waals surface area contributed by atoms with Crippen LogP contribution in [0, 0.1) is 34.0 Å². The van der Waals surface area contributed by atoms with Crippen LogP contribution < -0.4 is 10.6 Å². The SMILES string of the molecule is CC(C)[C@H](OC(=O)C(C)(C)C)n1nnc(COC[C@H](C)NC2CCC(Cc3cc(-c4cccc(NCC5(C#N)CCOCC5)n4)c(Cl)cn3)CC2)n1. The number of hydrogen-bond acceptors (Lipinski definition) is 12. The smallest absolute Gasteiger partial charge is 0.313 e. The van der Waals surface area contributed by atoms with E-state index in [4.69, 9.17) is 30.8 Å². The largest absolute Gasteiger partial charge is 0.437 e. The zero-order valence-corrected chi connectivity index (χ0v) is 32.2. The second kappa shape index (κ2) is 17.9. The van der Waals surface area contributed by atoms with Crippen LogP contribution >= 0.6 is 11.6 Å². The normalized spacial score (nSPS) is 20.2. The number of ether oxygens (including phenoxy) is 3. The molecular formula is C38H54ClN9O4. The number of nitrogens with one attached hydrogen (secondary N) is 2. The molecule has 0 aromatic carbocycles. The molecule has 0 bridgehead atoms. The molecule has 2 N–H and O–H groups in total. The fraction of sp³-hybridized carbons (Fsp3) is 0.658. The first-order valence-corrected chi connectivity index (χ1v) is 18.9. The van der Waals surface area contributed by atoms with Gasteiger partial charge in [0.05, 0.1) is 34.2 Å². The summed E-state index contributed by atoms with van der Waals surface area (Å²) < 4.78 is 17.1. The fourth-order valence-electron chi connectivity index (χ4n) is 6.59. The summed E-state index contributed by atoms with van der Waals surface area (Å²) in [7, 11) is 0. The third-order valence-corrected chi connectivity index (χ3v) is 10.1. The lowest BCUT2D eigenvalue weighted by Gasteiger charge is -2.31. The molecule has 4 heterocycles. The molecule has 13 nitrogen and oxygen atoms in total. The number of nitriles is 1. The van der Waals surface area contributed by atoms with Crippen LogP contribution in [0.3, 0.4) is 0 Å². The number of nitrogens with zero attached hydrogens (tertiary/aromatic N) is 7. The molecule has 1 saturated heterocycles. The van der Waals surface area contributed by atoms with E-state index >= 15 is 0 Å². The predicted octanol–water partition coefficient (Wildman–Crippen LogP) is 6.56. The van der Waals surface area contributed by atoms with Crippen molar-refractivity contribution in [1.82, 2.24) is 35.5 Å². The van der Waals surface area contributed by atoms with Crippen LogP contribution in [0.4, 0.5) is 5.82 Å². The molecule has 52 heavy (non-hydrogen) atoms. The third-order valence-electron chi connectivity index (χ3n) is 9.80. The van der Waals surface area contributed by atoms with Gasteiger partial charge in [-0.2, -0.15) is 5.26 Å². The lowest BCUT2D eigenvalue weighted by molar-refractivity contribution is -0.169. The lowest BCUT2D eigenvalue weighted by atomic mass is 9.82. The monoisotopic (exact) mass is 735 g/mol. The highest BCUT2D eigenvalue weighted by molar-refractivity contribution is 6.33. The first kappa shape index (κ1) is 39.5. The second-order valence-corrected chi connectivity index (χ2v) is 16.1. The minimum absolute atomic E-state index is 0.0238. The Morgan fingerprint density at radius 1 is 1.17 bits per heavy atom. The molecular weight excluding hydrogens is 682 g/mol. The number of tetrazole rings is 1. The van der Waals surface area contributed by atoms with Gasteiger partial charge in [-0.25, -0.2) is 4.98 Å². The van der Waals surface area contributed by atoms with Crippen molar-refractivity contribution >= 4 is 23.4 Å². The van der Waals surface area contributed by atoms with Gasteiger partial charge in [0.25, 0.3) is 0 Å². The van der Waals surface area contributed by atoms with Crippen molar-refractivity contribution in [3.63, 3.8) is 0 Å². The molecule has 3 aromatic rings. The van der Waals surface area contributed by atoms with Crippen LogP contribution in [0.1, 0.15) is 97.8 Å². The molecule has 0 spiro atoms. The summed E-state index contributed by atoms with van der Waals surface area (Å²) in [6.45, 7) is 14.0. The average Bonchev–Trinajstić information content (AvgIpc) is 3.59. The molecule has 0 radical (unpaired) electrons. The summed E-state index contributed by atoms with van der Waals surface area (Å²) in [5.74, 6) is 1.37. The van der Waals surface area contributed by atoms with E-state index in [9.17, 15) is 10.1 Å². The van der Waals surface area contributed by atoms with E-state index < -0.39 is 17.1 Å². The summed E-state index contributed by atoms with van der Waals surface area (Å²) in [4.78, 5) is 23.3. The van der Waals surface area contributed by atoms with E-state index in [-0.39, 0.29) is 24.5 Å². The number of carbonyl (C=O) groups is 1. The van der Waals surface area contributed by atoms with Gasteiger partial charge in [-0.1, -0.05) is 31.5 Å². The number of pyridine rings is 2. The fourth-order valence-corrected chi connectivity index (χ4v) is 6.79. The van der Waals surface area contributed by atoms with E-state index in [1.165, 1.54) is 4.80 Å². The Labute approximate surface area is 312 Å². The first-order valence-electron chi connectivity index (χ1n) is 18.5. The van der Waals surface area contributed by atoms with Gasteiger partial charge in [0.15, 0.2) is 0 Å². The zero-order chi connectivity index (χ0) is 37.3. The van der Waals surface area contributed by atoms with Gasteiger partial charge in [-0.05, 0) is 102 Å². The van der Waals surface area contributed by atoms with Crippen molar-refractivity contribution in [2.24, 2.45) is 22.7 Å². The van der Waals surface area contributed by atoms with Crippen LogP contribution in [0.5, 0.6) is 0 Å². The molecule has 5 rings (SSSR count). The Kier molecular flexibility index (Phi) is 13.6. The maximum Gasteiger partial charge on any atom is 0.313 e. The van der Waals surface area contributed by atoms with Crippen molar-refractivity contribution in [2.45, 2.75) is 111 Å². The molecule has 14 heteroatoms.